The number of nitrogens with zero attached hydrogens (tertiary/aromatic N) is 1. The predicted octanol–water partition coefficient (Wildman–Crippen LogP) is 1.64. The van der Waals surface area contributed by atoms with Gasteiger partial charge in [0.25, 0.3) is 5.91 Å². The highest BCUT2D eigenvalue weighted by molar-refractivity contribution is 7.12. The monoisotopic (exact) mass is 343 g/mol. The van der Waals surface area contributed by atoms with Crippen LogP contribution in [0, 0.1) is 0 Å². The zero-order chi connectivity index (χ0) is 14.7. The first kappa shape index (κ1) is 17.2. The van der Waals surface area contributed by atoms with Gasteiger partial charge in [0.15, 0.2) is 0 Å². The van der Waals surface area contributed by atoms with E-state index in [1.807, 2.05) is 17.5 Å². The van der Waals surface area contributed by atoms with E-state index in [1.165, 1.54) is 11.3 Å². The van der Waals surface area contributed by atoms with E-state index in [2.05, 4.69) is 10.6 Å². The molecule has 2 atom stereocenters. The molecule has 0 spiro atoms. The van der Waals surface area contributed by atoms with Crippen LogP contribution in [0.3, 0.4) is 0 Å². The molecule has 2 aliphatic heterocycles. The highest BCUT2D eigenvalue weighted by Crippen LogP contribution is 2.22. The van der Waals surface area contributed by atoms with Crippen molar-refractivity contribution in [1.82, 2.24) is 15.5 Å². The molecule has 3 rings (SSSR count). The fourth-order valence-electron chi connectivity index (χ4n) is 3.10. The van der Waals surface area contributed by atoms with Gasteiger partial charge < -0.3 is 15.5 Å². The molecule has 0 radical (unpaired) electrons. The summed E-state index contributed by atoms with van der Waals surface area (Å²) in [6.45, 7) is 2.54. The van der Waals surface area contributed by atoms with Crippen molar-refractivity contribution in [2.75, 3.05) is 19.6 Å². The minimum absolute atomic E-state index is 0. The Morgan fingerprint density at radius 3 is 2.86 bits per heavy atom. The van der Waals surface area contributed by atoms with Gasteiger partial charge in [-0.05, 0) is 43.7 Å². The van der Waals surface area contributed by atoms with Gasteiger partial charge >= 0.3 is 0 Å². The number of nitrogens with one attached hydrogen (secondary N) is 2. The van der Waals surface area contributed by atoms with Crippen molar-refractivity contribution >= 4 is 35.6 Å². The van der Waals surface area contributed by atoms with Crippen LogP contribution in [0.2, 0.25) is 0 Å². The van der Waals surface area contributed by atoms with E-state index in [4.69, 9.17) is 0 Å². The van der Waals surface area contributed by atoms with Gasteiger partial charge in [0, 0.05) is 19.1 Å². The number of carbonyl (C=O) groups excluding carboxylic acids is 2. The van der Waals surface area contributed by atoms with Crippen LogP contribution in [0.1, 0.15) is 35.4 Å². The molecule has 2 amide bonds. The van der Waals surface area contributed by atoms with Crippen molar-refractivity contribution < 1.29 is 9.59 Å². The molecule has 122 valence electrons. The number of hydrogen-bond acceptors (Lipinski definition) is 4. The van der Waals surface area contributed by atoms with Crippen LogP contribution in [0.25, 0.3) is 0 Å². The first-order valence-corrected chi connectivity index (χ1v) is 8.49. The molecule has 2 fully saturated rings. The van der Waals surface area contributed by atoms with Crippen molar-refractivity contribution in [3.63, 3.8) is 0 Å². The van der Waals surface area contributed by atoms with Gasteiger partial charge in [-0.25, -0.2) is 0 Å². The number of rotatable bonds is 3. The number of carbonyl (C=O) groups is 2. The van der Waals surface area contributed by atoms with Crippen molar-refractivity contribution in [2.24, 2.45) is 0 Å². The highest BCUT2D eigenvalue weighted by Gasteiger charge is 2.35. The van der Waals surface area contributed by atoms with E-state index in [0.29, 0.717) is 11.4 Å². The Hall–Kier alpha value is -1.11. The number of halogens is 1. The summed E-state index contributed by atoms with van der Waals surface area (Å²) in [5.74, 6) is -0.00414. The lowest BCUT2D eigenvalue weighted by Crippen LogP contribution is -2.52. The molecule has 0 saturated carbocycles. The van der Waals surface area contributed by atoms with Crippen LogP contribution in [0.5, 0.6) is 0 Å². The molecule has 2 N–H and O–H groups in total. The van der Waals surface area contributed by atoms with E-state index in [9.17, 15) is 9.59 Å². The van der Waals surface area contributed by atoms with E-state index < -0.39 is 0 Å². The third-order valence-corrected chi connectivity index (χ3v) is 5.05. The van der Waals surface area contributed by atoms with Crippen molar-refractivity contribution in [3.8, 4) is 0 Å². The molecule has 22 heavy (non-hydrogen) atoms. The second kappa shape index (κ2) is 7.94. The van der Waals surface area contributed by atoms with Crippen LogP contribution in [-0.4, -0.2) is 48.4 Å². The quantitative estimate of drug-likeness (QED) is 0.877. The van der Waals surface area contributed by atoms with Gasteiger partial charge in [0.2, 0.25) is 5.91 Å². The highest BCUT2D eigenvalue weighted by atomic mass is 35.5. The molecule has 0 bridgehead atoms. The Kier molecular flexibility index (Phi) is 6.23. The third kappa shape index (κ3) is 3.80. The maximum absolute atomic E-state index is 12.5. The second-order valence-corrected chi connectivity index (χ2v) is 6.63. The lowest BCUT2D eigenvalue weighted by atomic mass is 10.1. The molecule has 2 aliphatic rings. The molecule has 7 heteroatoms. The van der Waals surface area contributed by atoms with Gasteiger partial charge in [-0.1, -0.05) is 6.07 Å². The van der Waals surface area contributed by atoms with E-state index >= 15 is 0 Å². The summed E-state index contributed by atoms with van der Waals surface area (Å²) in [6, 6.07) is 3.59. The number of hydrogen-bond donors (Lipinski definition) is 2. The minimum Gasteiger partial charge on any atom is -0.350 e. The molecular formula is C15H22ClN3O2S. The fourth-order valence-corrected chi connectivity index (χ4v) is 3.78. The number of amides is 2. The zero-order valence-electron chi connectivity index (χ0n) is 12.4. The SMILES string of the molecule is Cl.O=C(NC1CCCNC1)C1CCCN1C(=O)c1cccs1. The van der Waals surface area contributed by atoms with Crippen molar-refractivity contribution in [1.29, 1.82) is 0 Å². The number of piperidine rings is 1. The lowest BCUT2D eigenvalue weighted by Gasteiger charge is -2.28. The van der Waals surface area contributed by atoms with Gasteiger partial charge in [-0.3, -0.25) is 9.59 Å². The zero-order valence-corrected chi connectivity index (χ0v) is 14.0. The fraction of sp³-hybridized carbons (Fsp3) is 0.600. The smallest absolute Gasteiger partial charge is 0.264 e. The molecule has 0 aromatic carbocycles. The topological polar surface area (TPSA) is 61.4 Å². The van der Waals surface area contributed by atoms with Crippen molar-refractivity contribution in [2.45, 2.75) is 37.8 Å². The summed E-state index contributed by atoms with van der Waals surface area (Å²) in [5.41, 5.74) is 0. The maximum atomic E-state index is 12.5. The molecule has 0 aliphatic carbocycles. The Morgan fingerprint density at radius 2 is 2.18 bits per heavy atom. The Labute approximate surface area is 140 Å². The van der Waals surface area contributed by atoms with Gasteiger partial charge in [0.05, 0.1) is 4.88 Å². The van der Waals surface area contributed by atoms with E-state index in [-0.39, 0.29) is 36.3 Å². The summed E-state index contributed by atoms with van der Waals surface area (Å²) >= 11 is 1.43. The second-order valence-electron chi connectivity index (χ2n) is 5.69. The third-order valence-electron chi connectivity index (χ3n) is 4.19. The van der Waals surface area contributed by atoms with Crippen LogP contribution in [0.15, 0.2) is 17.5 Å². The standard InChI is InChI=1S/C15H21N3O2S.ClH/c19-14(17-11-4-1-7-16-10-11)12-5-2-8-18(12)15(20)13-6-3-9-21-13;/h3,6,9,11-12,16H,1-2,4-5,7-8,10H2,(H,17,19);1H. The first-order valence-electron chi connectivity index (χ1n) is 7.61. The van der Waals surface area contributed by atoms with Gasteiger partial charge in [-0.2, -0.15) is 0 Å². The molecule has 1 aromatic heterocycles. The van der Waals surface area contributed by atoms with Gasteiger partial charge in [0.1, 0.15) is 6.04 Å². The van der Waals surface area contributed by atoms with Crippen LogP contribution in [-0.2, 0) is 4.79 Å². The van der Waals surface area contributed by atoms with E-state index in [0.717, 1.165) is 38.8 Å². The lowest BCUT2D eigenvalue weighted by molar-refractivity contribution is -0.125. The Balaban J connectivity index is 0.00000176. The van der Waals surface area contributed by atoms with E-state index in [1.54, 1.807) is 4.90 Å². The summed E-state index contributed by atoms with van der Waals surface area (Å²) in [6.07, 6.45) is 3.78. The molecule has 3 heterocycles. The Bertz CT molecular complexity index is 503. The minimum atomic E-state index is -0.304. The summed E-state index contributed by atoms with van der Waals surface area (Å²) in [5, 5.41) is 8.29. The Morgan fingerprint density at radius 1 is 1.32 bits per heavy atom. The molecule has 1 aromatic rings. The summed E-state index contributed by atoms with van der Waals surface area (Å²) < 4.78 is 0. The average molecular weight is 344 g/mol. The maximum Gasteiger partial charge on any atom is 0.264 e. The average Bonchev–Trinajstić information content (AvgIpc) is 3.19. The normalized spacial score (nSPS) is 24.6. The number of thiophene rings is 1. The van der Waals surface area contributed by atoms with Gasteiger partial charge in [-0.15, -0.1) is 23.7 Å². The summed E-state index contributed by atoms with van der Waals surface area (Å²) in [7, 11) is 0. The van der Waals surface area contributed by atoms with Crippen LogP contribution >= 0.6 is 23.7 Å². The summed E-state index contributed by atoms with van der Waals surface area (Å²) in [4.78, 5) is 27.4. The van der Waals surface area contributed by atoms with Crippen LogP contribution in [0.4, 0.5) is 0 Å². The molecule has 2 unspecified atom stereocenters. The largest absolute Gasteiger partial charge is 0.350 e. The van der Waals surface area contributed by atoms with Crippen LogP contribution < -0.4 is 10.6 Å². The van der Waals surface area contributed by atoms with Crippen molar-refractivity contribution in [3.05, 3.63) is 22.4 Å². The number of likely N-dealkylation sites (tertiary alicyclic amines) is 1. The predicted molar refractivity (Wildman–Crippen MR) is 89.7 cm³/mol. The molecular weight excluding hydrogens is 322 g/mol. The molecule has 2 saturated heterocycles. The molecule has 5 nitrogen and oxygen atoms in total. The first-order chi connectivity index (χ1) is 10.3.